The average molecular weight is 478 g/mol. The molecule has 0 radical (unpaired) electrons. The summed E-state index contributed by atoms with van der Waals surface area (Å²) in [5.74, 6) is 1.20. The maximum atomic E-state index is 7.03. The molecule has 2 rings (SSSR count). The van der Waals surface area contributed by atoms with E-state index >= 15 is 0 Å². The van der Waals surface area contributed by atoms with Crippen molar-refractivity contribution in [3.8, 4) is 5.75 Å². The van der Waals surface area contributed by atoms with Crippen LogP contribution in [0.5, 0.6) is 5.75 Å². The van der Waals surface area contributed by atoms with Crippen molar-refractivity contribution < 1.29 is 20.8 Å². The van der Waals surface area contributed by atoms with Gasteiger partial charge < -0.3 is 0 Å². The van der Waals surface area contributed by atoms with Crippen LogP contribution in [0.4, 0.5) is 0 Å². The number of benzene rings is 1. The van der Waals surface area contributed by atoms with Crippen molar-refractivity contribution in [1.82, 2.24) is 0 Å². The number of unbranched alkanes of at least 4 members (excludes halogenated alkanes) is 4. The molecule has 0 unspecified atom stereocenters. The third kappa shape index (κ3) is 7.97. The van der Waals surface area contributed by atoms with Crippen molar-refractivity contribution in [3.63, 3.8) is 0 Å². The zero-order chi connectivity index (χ0) is 22.1. The van der Waals surface area contributed by atoms with Crippen LogP contribution in [0, 0.1) is 0 Å². The molecule has 1 aromatic rings. The fraction of sp³-hybridized carbons (Fsp3) is 0.615. The molecule has 0 heterocycles. The Balaban J connectivity index is 2.29. The van der Waals surface area contributed by atoms with Crippen LogP contribution in [0.15, 0.2) is 39.4 Å². The molecule has 1 aliphatic carbocycles. The number of allylic oxidation sites excluding steroid dienone is 4. The molecule has 4 heteroatoms. The van der Waals surface area contributed by atoms with Gasteiger partial charge in [0.05, 0.1) is 0 Å². The second kappa shape index (κ2) is 12.6. The van der Waals surface area contributed by atoms with Crippen LogP contribution in [0.3, 0.4) is 0 Å². The van der Waals surface area contributed by atoms with Gasteiger partial charge in [0.25, 0.3) is 0 Å². The second-order valence-electron chi connectivity index (χ2n) is 10.3. The maximum absolute atomic E-state index is 7.03. The quantitative estimate of drug-likeness (QED) is 0.206. The number of aryl methyl sites for hydroxylation is 2. The van der Waals surface area contributed by atoms with Gasteiger partial charge in [0.2, 0.25) is 0 Å². The summed E-state index contributed by atoms with van der Waals surface area (Å²) < 4.78 is 8.80. The number of hydrogen-bond donors (Lipinski definition) is 0. The monoisotopic (exact) mass is 477 g/mol. The summed E-state index contributed by atoms with van der Waals surface area (Å²) in [5, 5.41) is 1.71. The van der Waals surface area contributed by atoms with Crippen molar-refractivity contribution in [2.24, 2.45) is 0 Å². The van der Waals surface area contributed by atoms with E-state index < -0.39 is 32.3 Å². The molecule has 0 N–H and O–H groups in total. The zero-order valence-corrected chi connectivity index (χ0v) is 24.5. The Labute approximate surface area is 195 Å². The molecule has 0 atom stereocenters. The Hall–Kier alpha value is -0.352. The molecule has 1 aromatic carbocycles. The van der Waals surface area contributed by atoms with Crippen LogP contribution >= 0.6 is 0 Å². The van der Waals surface area contributed by atoms with Gasteiger partial charge in [-0.05, 0) is 0 Å². The van der Waals surface area contributed by atoms with E-state index in [1.54, 1.807) is 9.07 Å². The number of hydrogen-bond acceptors (Lipinski definition) is 1. The molecule has 1 aliphatic rings. The summed E-state index contributed by atoms with van der Waals surface area (Å²) in [6, 6.07) is 7.24. The molecule has 0 bridgehead atoms. The van der Waals surface area contributed by atoms with Gasteiger partial charge in [0.1, 0.15) is 0 Å². The van der Waals surface area contributed by atoms with Crippen LogP contribution in [-0.2, 0) is 30.4 Å². The normalized spacial score (nSPS) is 14.1. The van der Waals surface area contributed by atoms with Crippen LogP contribution in [0.25, 0.3) is 0 Å². The fourth-order valence-corrected chi connectivity index (χ4v) is 17.6. The molecule has 1 nitrogen and oxygen atoms in total. The van der Waals surface area contributed by atoms with Crippen molar-refractivity contribution in [3.05, 3.63) is 50.6 Å². The van der Waals surface area contributed by atoms with Gasteiger partial charge in [-0.2, -0.15) is 0 Å². The minimum absolute atomic E-state index is 0.836. The van der Waals surface area contributed by atoms with E-state index in [4.69, 9.17) is 3.32 Å². The standard InChI is InChI=1S/C16H26O.C8H13Si.C2H7Si.Ti/c1-3-5-7-9-14-11-15(10-8-6-4-2)13-16(17)12-14;1-9(2,3)8-6-4-5-7-8;1-3-2;/h11-13,17H,3-10H2,1-2H3;4,6H,5H2,1-3H3;3H,1-2H3;/q;;;+1/p-1. The number of rotatable bonds is 13. The Morgan fingerprint density at radius 1 is 0.900 bits per heavy atom. The predicted octanol–water partition coefficient (Wildman–Crippen LogP) is 8.14. The molecule has 167 valence electrons. The average Bonchev–Trinajstić information content (AvgIpc) is 3.16. The summed E-state index contributed by atoms with van der Waals surface area (Å²) in [6.07, 6.45) is 16.2. The first-order chi connectivity index (χ1) is 14.3. The Bertz CT molecular complexity index is 703. The topological polar surface area (TPSA) is 9.23 Å². The van der Waals surface area contributed by atoms with Gasteiger partial charge in [-0.1, -0.05) is 0 Å². The molecule has 0 aromatic heterocycles. The molecule has 30 heavy (non-hydrogen) atoms. The van der Waals surface area contributed by atoms with Crippen LogP contribution in [0.2, 0.25) is 32.7 Å². The first kappa shape index (κ1) is 25.9. The fourth-order valence-electron chi connectivity index (χ4n) is 4.33. The first-order valence-electron chi connectivity index (χ1n) is 12.3. The Kier molecular flexibility index (Phi) is 10.9. The summed E-state index contributed by atoms with van der Waals surface area (Å²) in [5.41, 5.74) is 3.00. The predicted molar refractivity (Wildman–Crippen MR) is 137 cm³/mol. The Morgan fingerprint density at radius 3 is 1.93 bits per heavy atom. The molecule has 0 fully saturated rings. The van der Waals surface area contributed by atoms with Gasteiger partial charge >= 0.3 is 196 Å². The van der Waals surface area contributed by atoms with Gasteiger partial charge in [-0.15, -0.1) is 0 Å². The summed E-state index contributed by atoms with van der Waals surface area (Å²) >= 11 is -1.70. The first-order valence-corrected chi connectivity index (χ1v) is 22.8. The molecule has 0 spiro atoms. The van der Waals surface area contributed by atoms with Crippen LogP contribution in [0.1, 0.15) is 69.9 Å². The third-order valence-corrected chi connectivity index (χ3v) is 18.7. The van der Waals surface area contributed by atoms with Crippen molar-refractivity contribution in [1.29, 1.82) is 0 Å². The van der Waals surface area contributed by atoms with E-state index in [1.807, 2.05) is 0 Å². The molecular weight excluding hydrogens is 432 g/mol. The van der Waals surface area contributed by atoms with Crippen molar-refractivity contribution >= 4 is 14.7 Å². The van der Waals surface area contributed by atoms with Gasteiger partial charge in [-0.3, -0.25) is 0 Å². The third-order valence-electron chi connectivity index (χ3n) is 5.95. The van der Waals surface area contributed by atoms with Crippen LogP contribution < -0.4 is 3.32 Å². The summed E-state index contributed by atoms with van der Waals surface area (Å²) in [7, 11) is -1.30. The molecule has 0 saturated carbocycles. The van der Waals surface area contributed by atoms with E-state index in [9.17, 15) is 0 Å². The minimum atomic E-state index is -1.70. The SMILES string of the molecule is CCCCCc1cc(CCCCC)cc([O][Ti]([C]2=C([Si](C)(C)C)C=CC2)[SiH](C)C)c1. The van der Waals surface area contributed by atoms with Gasteiger partial charge in [0, 0.05) is 0 Å². The van der Waals surface area contributed by atoms with E-state index in [-0.39, 0.29) is 0 Å². The molecule has 0 amide bonds. The Morgan fingerprint density at radius 2 is 1.47 bits per heavy atom. The van der Waals surface area contributed by atoms with Gasteiger partial charge in [-0.25, -0.2) is 0 Å². The molecule has 0 aliphatic heterocycles. The van der Waals surface area contributed by atoms with E-state index in [2.05, 4.69) is 76.9 Å². The van der Waals surface area contributed by atoms with Crippen molar-refractivity contribution in [2.75, 3.05) is 0 Å². The summed E-state index contributed by atoms with van der Waals surface area (Å²) in [6.45, 7) is 16.3. The van der Waals surface area contributed by atoms with E-state index in [1.165, 1.54) is 74.7 Å². The second-order valence-corrected chi connectivity index (χ2v) is 27.6. The van der Waals surface area contributed by atoms with E-state index in [0.717, 1.165) is 0 Å². The molecule has 0 saturated heterocycles. The van der Waals surface area contributed by atoms with Gasteiger partial charge in [0.15, 0.2) is 0 Å². The van der Waals surface area contributed by atoms with E-state index in [0.29, 0.717) is 0 Å². The zero-order valence-electron chi connectivity index (χ0n) is 20.7. The summed E-state index contributed by atoms with van der Waals surface area (Å²) in [4.78, 5) is 0. The van der Waals surface area contributed by atoms with Crippen molar-refractivity contribution in [2.45, 2.75) is 104 Å². The molecular formula is C26H45OSi2Ti. The van der Waals surface area contributed by atoms with Crippen LogP contribution in [-0.4, -0.2) is 14.7 Å².